The minimum atomic E-state index is -3.34. The van der Waals surface area contributed by atoms with Crippen molar-refractivity contribution in [3.05, 3.63) is 175 Å². The Labute approximate surface area is 298 Å². The van der Waals surface area contributed by atoms with Gasteiger partial charge in [0.25, 0.3) is 0 Å². The maximum atomic E-state index is 14.1. The number of hydrogen-bond acceptors (Lipinski definition) is 6. The van der Waals surface area contributed by atoms with E-state index in [9.17, 15) is 19.5 Å². The van der Waals surface area contributed by atoms with Gasteiger partial charge in [0, 0.05) is 0 Å². The van der Waals surface area contributed by atoms with Crippen molar-refractivity contribution in [2.24, 2.45) is 0 Å². The molecule has 7 rings (SSSR count). The number of carbonyl (C=O) groups excluding carboxylic acids is 3. The van der Waals surface area contributed by atoms with Gasteiger partial charge in [-0.2, -0.15) is 0 Å². The van der Waals surface area contributed by atoms with Crippen LogP contribution in [0.25, 0.3) is 0 Å². The summed E-state index contributed by atoms with van der Waals surface area (Å²) in [7, 11) is -3.34. The number of nitrogens with zero attached hydrogens (tertiary/aromatic N) is 1. The molecule has 2 amide bonds. The van der Waals surface area contributed by atoms with Crippen LogP contribution in [0.4, 0.5) is 0 Å². The first-order valence-electron chi connectivity index (χ1n) is 16.4. The van der Waals surface area contributed by atoms with Crippen molar-refractivity contribution in [3.8, 4) is 0 Å². The van der Waals surface area contributed by atoms with Crippen LogP contribution >= 0.6 is 0 Å². The summed E-state index contributed by atoms with van der Waals surface area (Å²) in [5, 5.41) is 14.6. The van der Waals surface area contributed by atoms with Crippen LogP contribution < -0.4 is 14.8 Å². The van der Waals surface area contributed by atoms with Crippen LogP contribution in [0.3, 0.4) is 0 Å². The van der Waals surface area contributed by atoms with E-state index in [-0.39, 0.29) is 13.0 Å². The predicted octanol–water partition coefficient (Wildman–Crippen LogP) is 4.33. The zero-order valence-corrected chi connectivity index (χ0v) is 29.8. The number of aliphatic hydroxyl groups excluding tert-OH is 1. The van der Waals surface area contributed by atoms with Gasteiger partial charge in [-0.1, -0.05) is 0 Å². The van der Waals surface area contributed by atoms with Gasteiger partial charge in [0.05, 0.1) is 0 Å². The summed E-state index contributed by atoms with van der Waals surface area (Å²) in [5.41, 5.74) is 2.84. The summed E-state index contributed by atoms with van der Waals surface area (Å²) in [6.07, 6.45) is -2.12. The summed E-state index contributed by atoms with van der Waals surface area (Å²) in [6.45, 7) is 4.13. The molecule has 1 N–H and O–H groups in total. The van der Waals surface area contributed by atoms with Crippen LogP contribution in [0, 0.1) is 0 Å². The molecule has 50 heavy (non-hydrogen) atoms. The minimum absolute atomic E-state index is 0.143. The molecule has 1 fully saturated rings. The zero-order chi connectivity index (χ0) is 34.7. The SMILES string of the molecule is C=C[Si](O[C@H]1[C@H](N2C(=O)c3ccccc3C2=O)C[C@@](COC(=O)c2ccccc2)([Se]c2ccccc2)[C@H]1O)(c1ccccc1)c1ccccc1. The standard InChI is InChI=1S/C41H35NO6SeSi/c1-2-50(31-21-11-5-12-22-31,32-23-13-6-14-24-32)48-36-35(42-38(44)33-25-15-16-26-34(33)39(42)45)27-41(37(36)43,49-30-19-9-4-10-20-30)28-47-40(46)29-17-7-3-8-18-29/h2-26,35-37,43H,1,27-28H2/t35-,36+,37+,41+/m1/s1. The van der Waals surface area contributed by atoms with E-state index in [1.165, 1.54) is 4.90 Å². The van der Waals surface area contributed by atoms with Crippen molar-refractivity contribution in [2.75, 3.05) is 6.61 Å². The van der Waals surface area contributed by atoms with Crippen LogP contribution in [0.5, 0.6) is 0 Å². The second-order valence-corrected chi connectivity index (χ2v) is 18.8. The molecular formula is C41H35NO6SeSi. The molecule has 9 heteroatoms. The number of ether oxygens (including phenoxy) is 1. The summed E-state index contributed by atoms with van der Waals surface area (Å²) in [6, 6.07) is 43.9. The maximum absolute atomic E-state index is 14.1. The Bertz CT molecular complexity index is 1940. The van der Waals surface area contributed by atoms with Crippen molar-refractivity contribution in [1.29, 1.82) is 0 Å². The van der Waals surface area contributed by atoms with Gasteiger partial charge in [0.15, 0.2) is 0 Å². The number of esters is 1. The van der Waals surface area contributed by atoms with Gasteiger partial charge in [-0.25, -0.2) is 0 Å². The van der Waals surface area contributed by atoms with Crippen molar-refractivity contribution in [3.63, 3.8) is 0 Å². The van der Waals surface area contributed by atoms with Crippen molar-refractivity contribution >= 4 is 55.9 Å². The van der Waals surface area contributed by atoms with Gasteiger partial charge < -0.3 is 0 Å². The van der Waals surface area contributed by atoms with Gasteiger partial charge in [-0.15, -0.1) is 0 Å². The Balaban J connectivity index is 1.36. The molecule has 7 nitrogen and oxygen atoms in total. The molecule has 2 aliphatic rings. The van der Waals surface area contributed by atoms with E-state index >= 15 is 0 Å². The molecule has 1 aliphatic heterocycles. The molecule has 0 aromatic heterocycles. The monoisotopic (exact) mass is 745 g/mol. The molecule has 1 saturated carbocycles. The molecule has 0 radical (unpaired) electrons. The van der Waals surface area contributed by atoms with Crippen LogP contribution in [0.15, 0.2) is 158 Å². The number of aliphatic hydroxyl groups is 1. The number of hydrogen-bond donors (Lipinski definition) is 1. The second kappa shape index (κ2) is 14.1. The molecule has 0 saturated heterocycles. The Hall–Kier alpha value is -4.89. The van der Waals surface area contributed by atoms with E-state index < -0.39 is 63.6 Å². The molecule has 5 aromatic carbocycles. The quantitative estimate of drug-likeness (QED) is 0.123. The number of carbonyl (C=O) groups is 3. The Morgan fingerprint density at radius 3 is 1.78 bits per heavy atom. The van der Waals surface area contributed by atoms with Crippen LogP contribution in [-0.2, 0) is 9.16 Å². The average molecular weight is 745 g/mol. The van der Waals surface area contributed by atoms with Crippen LogP contribution in [0.1, 0.15) is 37.5 Å². The molecule has 0 unspecified atom stereocenters. The average Bonchev–Trinajstić information content (AvgIpc) is 3.58. The number of amides is 2. The Morgan fingerprint density at radius 1 is 0.780 bits per heavy atom. The fourth-order valence-corrected chi connectivity index (χ4v) is 13.2. The Morgan fingerprint density at radius 2 is 1.26 bits per heavy atom. The molecule has 5 aromatic rings. The number of imide groups is 1. The van der Waals surface area contributed by atoms with Gasteiger partial charge in [-0.05, 0) is 0 Å². The molecular weight excluding hydrogens is 709 g/mol. The van der Waals surface area contributed by atoms with E-state index in [1.807, 2.05) is 103 Å². The van der Waals surface area contributed by atoms with E-state index in [1.54, 1.807) is 48.5 Å². The molecule has 4 atom stereocenters. The van der Waals surface area contributed by atoms with E-state index in [4.69, 9.17) is 9.16 Å². The van der Waals surface area contributed by atoms with Crippen molar-refractivity contribution in [1.82, 2.24) is 4.90 Å². The van der Waals surface area contributed by atoms with Gasteiger partial charge in [0.1, 0.15) is 0 Å². The number of benzene rings is 5. The number of fused-ring (bicyclic) bond motifs is 1. The topological polar surface area (TPSA) is 93.1 Å². The molecule has 0 spiro atoms. The third kappa shape index (κ3) is 6.08. The van der Waals surface area contributed by atoms with Crippen LogP contribution in [-0.4, -0.2) is 75.9 Å². The first kappa shape index (κ1) is 33.6. The predicted molar refractivity (Wildman–Crippen MR) is 196 cm³/mol. The molecule has 250 valence electrons. The first-order valence-corrected chi connectivity index (χ1v) is 20.1. The van der Waals surface area contributed by atoms with Gasteiger partial charge in [0.2, 0.25) is 0 Å². The third-order valence-corrected chi connectivity index (χ3v) is 16.1. The van der Waals surface area contributed by atoms with Gasteiger partial charge in [-0.3, -0.25) is 0 Å². The zero-order valence-electron chi connectivity index (χ0n) is 27.1. The summed E-state index contributed by atoms with van der Waals surface area (Å²) in [5.74, 6) is -1.40. The van der Waals surface area contributed by atoms with E-state index in [0.717, 1.165) is 14.8 Å². The van der Waals surface area contributed by atoms with Crippen LogP contribution in [0.2, 0.25) is 4.31 Å². The van der Waals surface area contributed by atoms with Crippen molar-refractivity contribution in [2.45, 2.75) is 29.0 Å². The third-order valence-electron chi connectivity index (χ3n) is 9.48. The normalized spacial score (nSPS) is 21.5. The fraction of sp³-hybridized carbons (Fsp3) is 0.146. The van der Waals surface area contributed by atoms with E-state index in [2.05, 4.69) is 6.58 Å². The summed E-state index contributed by atoms with van der Waals surface area (Å²) in [4.78, 5) is 42.9. The Kier molecular flexibility index (Phi) is 9.51. The van der Waals surface area contributed by atoms with Gasteiger partial charge >= 0.3 is 300 Å². The number of rotatable bonds is 11. The van der Waals surface area contributed by atoms with Crippen molar-refractivity contribution < 1.29 is 28.7 Å². The molecule has 0 bridgehead atoms. The summed E-state index contributed by atoms with van der Waals surface area (Å²) < 4.78 is 13.3. The fourth-order valence-electron chi connectivity index (χ4n) is 7.01. The summed E-state index contributed by atoms with van der Waals surface area (Å²) >= 11 is -0.489. The second-order valence-electron chi connectivity index (χ2n) is 12.4. The first-order chi connectivity index (χ1) is 24.4. The molecule has 1 aliphatic carbocycles. The van der Waals surface area contributed by atoms with E-state index in [0.29, 0.717) is 16.7 Å². The molecule has 1 heterocycles.